The van der Waals surface area contributed by atoms with Crippen LogP contribution in [0.2, 0.25) is 0 Å². The summed E-state index contributed by atoms with van der Waals surface area (Å²) < 4.78 is 21.7. The van der Waals surface area contributed by atoms with Crippen molar-refractivity contribution in [2.45, 2.75) is 13.0 Å². The fraction of sp³-hybridized carbons (Fsp3) is 0.385. The maximum Gasteiger partial charge on any atom is 0.226 e. The predicted octanol–water partition coefficient (Wildman–Crippen LogP) is 2.72. The fourth-order valence-electron chi connectivity index (χ4n) is 2.51. The molecule has 1 saturated carbocycles. The summed E-state index contributed by atoms with van der Waals surface area (Å²) in [5.74, 6) is 1.89. The Kier molecular flexibility index (Phi) is 2.54. The first-order chi connectivity index (χ1) is 9.22. The van der Waals surface area contributed by atoms with Crippen molar-refractivity contribution in [3.63, 3.8) is 0 Å². The van der Waals surface area contributed by atoms with Gasteiger partial charge in [-0.3, -0.25) is 4.98 Å². The van der Waals surface area contributed by atoms with Gasteiger partial charge < -0.3 is 4.74 Å². The van der Waals surface area contributed by atoms with Crippen LogP contribution in [0.3, 0.4) is 0 Å². The van der Waals surface area contributed by atoms with E-state index in [-0.39, 0.29) is 5.82 Å². The lowest BCUT2D eigenvalue weighted by Crippen LogP contribution is -2.03. The van der Waals surface area contributed by atoms with Crippen LogP contribution in [0.25, 0.3) is 11.4 Å². The molecule has 0 N–H and O–H groups in total. The van der Waals surface area contributed by atoms with Gasteiger partial charge in [-0.2, -0.15) is 5.10 Å². The van der Waals surface area contributed by atoms with E-state index in [1.54, 1.807) is 6.07 Å². The van der Waals surface area contributed by atoms with Crippen LogP contribution in [-0.2, 0) is 6.54 Å². The molecule has 0 radical (unpaired) electrons. The predicted molar refractivity (Wildman–Crippen MR) is 75.2 cm³/mol. The van der Waals surface area contributed by atoms with Gasteiger partial charge in [-0.25, -0.2) is 9.07 Å². The van der Waals surface area contributed by atoms with Crippen LogP contribution in [0.5, 0.6) is 5.88 Å². The standard InChI is InChI=1S/C13H11FIN3O/c14-9-1-2-10(16-4-9)12-11(15)13-18(17-12)5-7-3-8(7)6-19-13/h1-2,4,7-8H,3,5-6H2. The summed E-state index contributed by atoms with van der Waals surface area (Å²) in [6.45, 7) is 1.69. The van der Waals surface area contributed by atoms with Gasteiger partial charge in [-0.05, 0) is 53.0 Å². The third-order valence-electron chi connectivity index (χ3n) is 3.73. The van der Waals surface area contributed by atoms with Crippen molar-refractivity contribution in [1.82, 2.24) is 14.8 Å². The molecule has 4 nitrogen and oxygen atoms in total. The van der Waals surface area contributed by atoms with E-state index in [4.69, 9.17) is 4.74 Å². The van der Waals surface area contributed by atoms with Crippen molar-refractivity contribution < 1.29 is 9.13 Å². The molecule has 98 valence electrons. The van der Waals surface area contributed by atoms with E-state index in [0.29, 0.717) is 17.5 Å². The number of aromatic nitrogens is 3. The van der Waals surface area contributed by atoms with Crippen LogP contribution >= 0.6 is 22.6 Å². The van der Waals surface area contributed by atoms with E-state index >= 15 is 0 Å². The minimum absolute atomic E-state index is 0.336. The molecule has 1 aliphatic heterocycles. The molecule has 3 heterocycles. The number of fused-ring (bicyclic) bond motifs is 2. The van der Waals surface area contributed by atoms with Gasteiger partial charge in [0, 0.05) is 6.54 Å². The van der Waals surface area contributed by atoms with Crippen LogP contribution in [0.15, 0.2) is 18.3 Å². The van der Waals surface area contributed by atoms with E-state index in [1.807, 2.05) is 4.68 Å². The van der Waals surface area contributed by atoms with Crippen LogP contribution in [-0.4, -0.2) is 21.4 Å². The van der Waals surface area contributed by atoms with Crippen molar-refractivity contribution in [2.24, 2.45) is 11.8 Å². The Balaban J connectivity index is 1.77. The Morgan fingerprint density at radius 1 is 1.37 bits per heavy atom. The number of rotatable bonds is 1. The topological polar surface area (TPSA) is 39.9 Å². The third kappa shape index (κ3) is 1.92. The lowest BCUT2D eigenvalue weighted by molar-refractivity contribution is 0.283. The van der Waals surface area contributed by atoms with Crippen molar-refractivity contribution in [3.8, 4) is 17.3 Å². The largest absolute Gasteiger partial charge is 0.477 e. The normalized spacial score (nSPS) is 24.1. The number of halogens is 2. The Morgan fingerprint density at radius 3 is 3.05 bits per heavy atom. The number of ether oxygens (including phenoxy) is 1. The fourth-order valence-corrected chi connectivity index (χ4v) is 3.33. The molecule has 2 aliphatic rings. The first-order valence-electron chi connectivity index (χ1n) is 6.23. The van der Waals surface area contributed by atoms with E-state index in [1.165, 1.54) is 18.7 Å². The summed E-state index contributed by atoms with van der Waals surface area (Å²) in [5.41, 5.74) is 1.46. The minimum atomic E-state index is -0.336. The van der Waals surface area contributed by atoms with Crippen LogP contribution in [0.1, 0.15) is 6.42 Å². The molecular formula is C13H11FIN3O. The molecule has 0 spiro atoms. The van der Waals surface area contributed by atoms with Gasteiger partial charge in [-0.15, -0.1) is 0 Å². The highest BCUT2D eigenvalue weighted by Crippen LogP contribution is 2.44. The lowest BCUT2D eigenvalue weighted by atomic mass is 10.3. The van der Waals surface area contributed by atoms with Gasteiger partial charge in [0.2, 0.25) is 5.88 Å². The molecule has 0 amide bonds. The van der Waals surface area contributed by atoms with Crippen LogP contribution in [0, 0.1) is 21.2 Å². The summed E-state index contributed by atoms with van der Waals surface area (Å²) in [4.78, 5) is 4.09. The summed E-state index contributed by atoms with van der Waals surface area (Å²) >= 11 is 2.23. The molecule has 1 aliphatic carbocycles. The second-order valence-corrected chi connectivity index (χ2v) is 6.16. The first kappa shape index (κ1) is 11.6. The van der Waals surface area contributed by atoms with Crippen molar-refractivity contribution >= 4 is 22.6 Å². The molecule has 6 heteroatoms. The van der Waals surface area contributed by atoms with Gasteiger partial charge in [0.15, 0.2) is 0 Å². The molecule has 0 aromatic carbocycles. The zero-order chi connectivity index (χ0) is 13.0. The number of pyridine rings is 1. The average Bonchev–Trinajstić information content (AvgIpc) is 3.09. The monoisotopic (exact) mass is 371 g/mol. The lowest BCUT2D eigenvalue weighted by Gasteiger charge is -2.04. The van der Waals surface area contributed by atoms with E-state index in [9.17, 15) is 4.39 Å². The molecule has 2 unspecified atom stereocenters. The molecule has 2 aromatic rings. The minimum Gasteiger partial charge on any atom is -0.477 e. The van der Waals surface area contributed by atoms with Crippen LogP contribution in [0.4, 0.5) is 4.39 Å². The quantitative estimate of drug-likeness (QED) is 0.724. The first-order valence-corrected chi connectivity index (χ1v) is 7.31. The molecule has 2 atom stereocenters. The highest BCUT2D eigenvalue weighted by atomic mass is 127. The Bertz CT molecular complexity index is 640. The molecule has 19 heavy (non-hydrogen) atoms. The summed E-state index contributed by atoms with van der Waals surface area (Å²) in [6, 6.07) is 3.06. The molecule has 2 aromatic heterocycles. The van der Waals surface area contributed by atoms with E-state index in [2.05, 4.69) is 32.7 Å². The SMILES string of the molecule is Fc1ccc(-c2nn3c(c2I)OCC2CC2C3)nc1. The van der Waals surface area contributed by atoms with Gasteiger partial charge in [-0.1, -0.05) is 0 Å². The van der Waals surface area contributed by atoms with Gasteiger partial charge in [0.05, 0.1) is 18.5 Å². The Morgan fingerprint density at radius 2 is 2.26 bits per heavy atom. The molecule has 1 fully saturated rings. The smallest absolute Gasteiger partial charge is 0.226 e. The Hall–Kier alpha value is -1.18. The van der Waals surface area contributed by atoms with E-state index in [0.717, 1.165) is 28.3 Å². The summed E-state index contributed by atoms with van der Waals surface area (Å²) in [5, 5.41) is 4.59. The number of nitrogens with zero attached hydrogens (tertiary/aromatic N) is 3. The van der Waals surface area contributed by atoms with Crippen molar-refractivity contribution in [1.29, 1.82) is 0 Å². The molecular weight excluding hydrogens is 360 g/mol. The molecule has 0 saturated heterocycles. The number of hydrogen-bond donors (Lipinski definition) is 0. The maximum atomic E-state index is 12.9. The average molecular weight is 371 g/mol. The second-order valence-electron chi connectivity index (χ2n) is 5.08. The van der Waals surface area contributed by atoms with Crippen molar-refractivity contribution in [2.75, 3.05) is 6.61 Å². The van der Waals surface area contributed by atoms with Crippen LogP contribution < -0.4 is 4.74 Å². The number of hydrogen-bond acceptors (Lipinski definition) is 3. The van der Waals surface area contributed by atoms with Crippen molar-refractivity contribution in [3.05, 3.63) is 27.7 Å². The van der Waals surface area contributed by atoms with Gasteiger partial charge in [0.1, 0.15) is 15.1 Å². The third-order valence-corrected chi connectivity index (χ3v) is 4.70. The van der Waals surface area contributed by atoms with Gasteiger partial charge >= 0.3 is 0 Å². The second kappa shape index (κ2) is 4.16. The highest BCUT2D eigenvalue weighted by Gasteiger charge is 2.41. The molecule has 4 rings (SSSR count). The van der Waals surface area contributed by atoms with E-state index < -0.39 is 0 Å². The van der Waals surface area contributed by atoms with Gasteiger partial charge in [0.25, 0.3) is 0 Å². The maximum absolute atomic E-state index is 12.9. The highest BCUT2D eigenvalue weighted by molar-refractivity contribution is 14.1. The zero-order valence-electron chi connectivity index (χ0n) is 10.0. The summed E-state index contributed by atoms with van der Waals surface area (Å²) in [7, 11) is 0. The molecule has 0 bridgehead atoms. The zero-order valence-corrected chi connectivity index (χ0v) is 12.2. The Labute approximate surface area is 123 Å². The summed E-state index contributed by atoms with van der Waals surface area (Å²) in [6.07, 6.45) is 2.45.